The zero-order valence-electron chi connectivity index (χ0n) is 10.3. The molecule has 94 valence electrons. The molecule has 0 aliphatic rings. The molecule has 1 heterocycles. The van der Waals surface area contributed by atoms with E-state index in [1.165, 1.54) is 23.4 Å². The van der Waals surface area contributed by atoms with Gasteiger partial charge in [0.25, 0.3) is 5.91 Å². The minimum absolute atomic E-state index is 0.0624. The van der Waals surface area contributed by atoms with Crippen LogP contribution in [0.25, 0.3) is 0 Å². The van der Waals surface area contributed by atoms with Gasteiger partial charge in [0.15, 0.2) is 5.43 Å². The molecule has 5 nitrogen and oxygen atoms in total. The maximum Gasteiger partial charge on any atom is 0.263 e. The van der Waals surface area contributed by atoms with E-state index in [2.05, 4.69) is 4.98 Å². The number of nitriles is 1. The first-order valence-corrected chi connectivity index (χ1v) is 5.59. The van der Waals surface area contributed by atoms with Crippen LogP contribution in [-0.4, -0.2) is 17.9 Å². The van der Waals surface area contributed by atoms with E-state index in [4.69, 9.17) is 5.26 Å². The normalized spacial score (nSPS) is 9.68. The Morgan fingerprint density at radius 2 is 2.16 bits per heavy atom. The average molecular weight is 253 g/mol. The van der Waals surface area contributed by atoms with E-state index in [0.717, 1.165) is 0 Å². The van der Waals surface area contributed by atoms with Gasteiger partial charge in [0.05, 0.1) is 11.6 Å². The van der Waals surface area contributed by atoms with Crippen LogP contribution < -0.4 is 10.3 Å². The molecule has 0 atom stereocenters. The molecule has 0 aliphatic heterocycles. The molecule has 0 unspecified atom stereocenters. The Balaban J connectivity index is 2.37. The van der Waals surface area contributed by atoms with Crippen molar-refractivity contribution in [1.29, 1.82) is 5.26 Å². The van der Waals surface area contributed by atoms with Gasteiger partial charge in [-0.15, -0.1) is 0 Å². The number of nitrogens with zero attached hydrogens (tertiary/aromatic N) is 2. The van der Waals surface area contributed by atoms with Crippen molar-refractivity contribution in [3.8, 4) is 6.07 Å². The van der Waals surface area contributed by atoms with E-state index in [1.54, 1.807) is 31.3 Å². The molecule has 0 saturated heterocycles. The Bertz CT molecular complexity index is 713. The van der Waals surface area contributed by atoms with E-state index in [9.17, 15) is 9.59 Å². The summed E-state index contributed by atoms with van der Waals surface area (Å²) in [6.07, 6.45) is 2.84. The van der Waals surface area contributed by atoms with Crippen LogP contribution in [0.1, 0.15) is 15.9 Å². The van der Waals surface area contributed by atoms with Gasteiger partial charge in [0.2, 0.25) is 0 Å². The number of nitrogens with one attached hydrogen (secondary N) is 1. The van der Waals surface area contributed by atoms with E-state index >= 15 is 0 Å². The average Bonchev–Trinajstić information content (AvgIpc) is 2.46. The molecule has 1 aromatic carbocycles. The van der Waals surface area contributed by atoms with Crippen molar-refractivity contribution < 1.29 is 4.79 Å². The molecule has 2 aromatic rings. The van der Waals surface area contributed by atoms with E-state index in [-0.39, 0.29) is 11.0 Å². The van der Waals surface area contributed by atoms with Gasteiger partial charge < -0.3 is 9.88 Å². The lowest BCUT2D eigenvalue weighted by Crippen LogP contribution is -2.30. The second-order valence-corrected chi connectivity index (χ2v) is 3.95. The highest BCUT2D eigenvalue weighted by Gasteiger charge is 2.16. The fourth-order valence-corrected chi connectivity index (χ4v) is 1.67. The Kier molecular flexibility index (Phi) is 3.44. The minimum atomic E-state index is -0.420. The number of anilines is 1. The number of amides is 1. The molecule has 2 rings (SSSR count). The number of hydrogen-bond donors (Lipinski definition) is 1. The third kappa shape index (κ3) is 2.53. The lowest BCUT2D eigenvalue weighted by molar-refractivity contribution is 0.0991. The lowest BCUT2D eigenvalue weighted by Gasteiger charge is -2.17. The van der Waals surface area contributed by atoms with Gasteiger partial charge in [-0.3, -0.25) is 9.59 Å². The fourth-order valence-electron chi connectivity index (χ4n) is 1.67. The number of aromatic nitrogens is 1. The Morgan fingerprint density at radius 1 is 1.37 bits per heavy atom. The van der Waals surface area contributed by atoms with Gasteiger partial charge in [-0.25, -0.2) is 0 Å². The van der Waals surface area contributed by atoms with Crippen LogP contribution in [0.2, 0.25) is 0 Å². The summed E-state index contributed by atoms with van der Waals surface area (Å²) in [6, 6.07) is 9.94. The number of hydrogen-bond acceptors (Lipinski definition) is 3. The van der Waals surface area contributed by atoms with Gasteiger partial charge in [-0.2, -0.15) is 5.26 Å². The van der Waals surface area contributed by atoms with Crippen LogP contribution >= 0.6 is 0 Å². The predicted octanol–water partition coefficient (Wildman–Crippen LogP) is 1.52. The van der Waals surface area contributed by atoms with Crippen molar-refractivity contribution in [2.75, 3.05) is 11.9 Å². The van der Waals surface area contributed by atoms with Crippen molar-refractivity contribution >= 4 is 11.6 Å². The van der Waals surface area contributed by atoms with Crippen LogP contribution in [-0.2, 0) is 0 Å². The summed E-state index contributed by atoms with van der Waals surface area (Å²) in [6.45, 7) is 0. The predicted molar refractivity (Wildman–Crippen MR) is 71.0 cm³/mol. The molecule has 0 radical (unpaired) electrons. The summed E-state index contributed by atoms with van der Waals surface area (Å²) < 4.78 is 0. The van der Waals surface area contributed by atoms with Gasteiger partial charge in [0, 0.05) is 31.2 Å². The zero-order chi connectivity index (χ0) is 13.8. The molecule has 1 aromatic heterocycles. The third-order valence-electron chi connectivity index (χ3n) is 2.72. The minimum Gasteiger partial charge on any atom is -0.367 e. The summed E-state index contributed by atoms with van der Waals surface area (Å²) >= 11 is 0. The third-order valence-corrected chi connectivity index (χ3v) is 2.72. The second-order valence-electron chi connectivity index (χ2n) is 3.95. The number of carbonyl (C=O) groups excluding carboxylic acids is 1. The molecular formula is C14H11N3O2. The lowest BCUT2D eigenvalue weighted by atomic mass is 10.2. The van der Waals surface area contributed by atoms with Crippen LogP contribution in [0, 0.1) is 11.3 Å². The number of pyridine rings is 1. The number of carbonyl (C=O) groups is 1. The van der Waals surface area contributed by atoms with Crippen LogP contribution in [0.4, 0.5) is 5.69 Å². The molecule has 19 heavy (non-hydrogen) atoms. The molecule has 1 N–H and O–H groups in total. The van der Waals surface area contributed by atoms with Gasteiger partial charge in [0.1, 0.15) is 5.56 Å². The van der Waals surface area contributed by atoms with E-state index in [1.807, 2.05) is 6.07 Å². The van der Waals surface area contributed by atoms with Crippen molar-refractivity contribution in [3.63, 3.8) is 0 Å². The van der Waals surface area contributed by atoms with Gasteiger partial charge in [-0.05, 0) is 18.2 Å². The number of aromatic amines is 1. The standard InChI is InChI=1S/C14H11N3O2/c1-17(11-4-2-3-10(7-11)8-15)14(19)12-9-16-6-5-13(12)18/h2-7,9H,1H3,(H,16,18). The fraction of sp³-hybridized carbons (Fsp3) is 0.0714. The number of benzene rings is 1. The van der Waals surface area contributed by atoms with E-state index < -0.39 is 5.91 Å². The largest absolute Gasteiger partial charge is 0.367 e. The molecular weight excluding hydrogens is 242 g/mol. The van der Waals surface area contributed by atoms with Crippen LogP contribution in [0.15, 0.2) is 47.5 Å². The highest BCUT2D eigenvalue weighted by Crippen LogP contribution is 2.15. The zero-order valence-corrected chi connectivity index (χ0v) is 10.3. The Hall–Kier alpha value is -2.87. The highest BCUT2D eigenvalue weighted by atomic mass is 16.2. The summed E-state index contributed by atoms with van der Waals surface area (Å²) in [5.74, 6) is -0.420. The molecule has 5 heteroatoms. The Morgan fingerprint density at radius 3 is 2.84 bits per heavy atom. The molecule has 0 saturated carbocycles. The summed E-state index contributed by atoms with van der Waals surface area (Å²) in [7, 11) is 1.56. The van der Waals surface area contributed by atoms with Crippen LogP contribution in [0.5, 0.6) is 0 Å². The first-order valence-electron chi connectivity index (χ1n) is 5.59. The SMILES string of the molecule is CN(C(=O)c1c[nH]ccc1=O)c1cccc(C#N)c1. The molecule has 0 aliphatic carbocycles. The van der Waals surface area contributed by atoms with Crippen molar-refractivity contribution in [2.24, 2.45) is 0 Å². The van der Waals surface area contributed by atoms with Crippen molar-refractivity contribution in [2.45, 2.75) is 0 Å². The summed E-state index contributed by atoms with van der Waals surface area (Å²) in [5.41, 5.74) is 0.742. The van der Waals surface area contributed by atoms with Gasteiger partial charge in [-0.1, -0.05) is 6.07 Å². The summed E-state index contributed by atoms with van der Waals surface area (Å²) in [4.78, 5) is 27.8. The van der Waals surface area contributed by atoms with Crippen molar-refractivity contribution in [3.05, 3.63) is 64.1 Å². The highest BCUT2D eigenvalue weighted by molar-refractivity contribution is 6.05. The molecule has 0 spiro atoms. The smallest absolute Gasteiger partial charge is 0.263 e. The van der Waals surface area contributed by atoms with Crippen LogP contribution in [0.3, 0.4) is 0 Å². The second kappa shape index (κ2) is 5.19. The van der Waals surface area contributed by atoms with E-state index in [0.29, 0.717) is 11.3 Å². The molecule has 0 fully saturated rings. The first-order chi connectivity index (χ1) is 9.13. The number of rotatable bonds is 2. The maximum absolute atomic E-state index is 12.2. The monoisotopic (exact) mass is 253 g/mol. The summed E-state index contributed by atoms with van der Waals surface area (Å²) in [5, 5.41) is 8.84. The quantitative estimate of drug-likeness (QED) is 0.881. The first kappa shape index (κ1) is 12.6. The Labute approximate surface area is 109 Å². The maximum atomic E-state index is 12.2. The number of H-pyrrole nitrogens is 1. The molecule has 1 amide bonds. The van der Waals surface area contributed by atoms with Gasteiger partial charge >= 0.3 is 0 Å². The molecule has 0 bridgehead atoms. The topological polar surface area (TPSA) is 77.0 Å². The van der Waals surface area contributed by atoms with Crippen molar-refractivity contribution in [1.82, 2.24) is 4.98 Å².